The Morgan fingerprint density at radius 1 is 1.58 bits per heavy atom. The number of hydrogen-bond donors (Lipinski definition) is 0. The highest BCUT2D eigenvalue weighted by Gasteiger charge is 2.04. The molecule has 0 atom stereocenters. The second kappa shape index (κ2) is 3.86. The van der Waals surface area contributed by atoms with E-state index < -0.39 is 0 Å². The minimum atomic E-state index is 0.863. The Morgan fingerprint density at radius 2 is 2.33 bits per heavy atom. The summed E-state index contributed by atoms with van der Waals surface area (Å²) in [5.41, 5.74) is 2.27. The summed E-state index contributed by atoms with van der Waals surface area (Å²) in [4.78, 5) is 0. The van der Waals surface area contributed by atoms with E-state index in [9.17, 15) is 0 Å². The predicted molar refractivity (Wildman–Crippen MR) is 51.5 cm³/mol. The molecule has 0 bridgehead atoms. The summed E-state index contributed by atoms with van der Waals surface area (Å²) >= 11 is 0. The van der Waals surface area contributed by atoms with Crippen molar-refractivity contribution in [2.24, 2.45) is 0 Å². The van der Waals surface area contributed by atoms with Crippen molar-refractivity contribution in [3.8, 4) is 0 Å². The molecule has 0 aliphatic heterocycles. The first kappa shape index (κ1) is 8.72. The molecule has 12 heavy (non-hydrogen) atoms. The molecule has 0 radical (unpaired) electrons. The lowest BCUT2D eigenvalue weighted by atomic mass is 10.3. The molecule has 0 saturated heterocycles. The topological polar surface area (TPSA) is 3.88 Å². The van der Waals surface area contributed by atoms with Gasteiger partial charge in [-0.15, -0.1) is 0 Å². The van der Waals surface area contributed by atoms with Gasteiger partial charge in [0.25, 0.3) is 0 Å². The van der Waals surface area contributed by atoms with Gasteiger partial charge in [0.2, 0.25) is 5.69 Å². The Morgan fingerprint density at radius 3 is 2.92 bits per heavy atom. The van der Waals surface area contributed by atoms with Crippen molar-refractivity contribution in [3.05, 3.63) is 48.8 Å². The van der Waals surface area contributed by atoms with E-state index in [1.54, 1.807) is 0 Å². The van der Waals surface area contributed by atoms with Crippen LogP contribution in [0.15, 0.2) is 43.1 Å². The van der Waals surface area contributed by atoms with Crippen LogP contribution in [0.5, 0.6) is 0 Å². The Balaban J connectivity index is 2.96. The predicted octanol–water partition coefficient (Wildman–Crippen LogP) is 2.19. The average molecular weight is 160 g/mol. The highest BCUT2D eigenvalue weighted by atomic mass is 14.9. The summed E-state index contributed by atoms with van der Waals surface area (Å²) in [6.07, 6.45) is 3.88. The third-order valence-electron chi connectivity index (χ3n) is 1.63. The summed E-state index contributed by atoms with van der Waals surface area (Å²) in [5, 5.41) is 0. The van der Waals surface area contributed by atoms with Crippen molar-refractivity contribution in [1.82, 2.24) is 0 Å². The van der Waals surface area contributed by atoms with Crippen molar-refractivity contribution >= 4 is 6.08 Å². The fourth-order valence-electron chi connectivity index (χ4n) is 1.11. The molecule has 62 valence electrons. The smallest absolute Gasteiger partial charge is 0.195 e. The van der Waals surface area contributed by atoms with Gasteiger partial charge in [-0.2, -0.15) is 4.57 Å². The molecule has 0 amide bonds. The quantitative estimate of drug-likeness (QED) is 0.471. The van der Waals surface area contributed by atoms with Gasteiger partial charge < -0.3 is 0 Å². The third kappa shape index (κ3) is 2.06. The van der Waals surface area contributed by atoms with Gasteiger partial charge in [-0.3, -0.25) is 0 Å². The molecule has 0 unspecified atom stereocenters. The molecule has 1 heterocycles. The molecule has 0 spiro atoms. The number of allylic oxidation sites excluding steroid dienone is 1. The Hall–Kier alpha value is -1.37. The van der Waals surface area contributed by atoms with Crippen molar-refractivity contribution in [3.63, 3.8) is 0 Å². The van der Waals surface area contributed by atoms with Gasteiger partial charge >= 0.3 is 0 Å². The molecule has 0 saturated carbocycles. The van der Waals surface area contributed by atoms with Gasteiger partial charge in [0.1, 0.15) is 0 Å². The van der Waals surface area contributed by atoms with Crippen molar-refractivity contribution in [2.75, 3.05) is 0 Å². The van der Waals surface area contributed by atoms with Crippen molar-refractivity contribution in [2.45, 2.75) is 13.5 Å². The maximum Gasteiger partial charge on any atom is 0.204 e. The number of hydrogen-bond acceptors (Lipinski definition) is 0. The summed E-state index contributed by atoms with van der Waals surface area (Å²) in [5.74, 6) is 0. The summed E-state index contributed by atoms with van der Waals surface area (Å²) in [7, 11) is 0. The molecule has 1 nitrogen and oxygen atoms in total. The van der Waals surface area contributed by atoms with E-state index in [1.807, 2.05) is 37.4 Å². The van der Waals surface area contributed by atoms with Crippen LogP contribution in [0.1, 0.15) is 12.6 Å². The van der Waals surface area contributed by atoms with E-state index in [2.05, 4.69) is 17.7 Å². The van der Waals surface area contributed by atoms with Crippen LogP contribution >= 0.6 is 0 Å². The Kier molecular flexibility index (Phi) is 2.81. The molecule has 0 N–H and O–H groups in total. The Bertz CT molecular complexity index is 300. The molecule has 0 fully saturated rings. The van der Waals surface area contributed by atoms with Crippen LogP contribution in [0.25, 0.3) is 6.08 Å². The molecular formula is C11H14N+. The lowest BCUT2D eigenvalue weighted by molar-refractivity contribution is -0.690. The second-order valence-electron chi connectivity index (χ2n) is 2.91. The normalized spacial score (nSPS) is 9.42. The van der Waals surface area contributed by atoms with Gasteiger partial charge in [0.05, 0.1) is 0 Å². The van der Waals surface area contributed by atoms with E-state index in [0.717, 1.165) is 17.8 Å². The molecule has 0 aromatic carbocycles. The fraction of sp³-hybridized carbons (Fsp3) is 0.182. The van der Waals surface area contributed by atoms with E-state index >= 15 is 0 Å². The first-order chi connectivity index (χ1) is 5.74. The molecule has 1 aromatic rings. The lowest BCUT2D eigenvalue weighted by Gasteiger charge is -1.98. The van der Waals surface area contributed by atoms with Crippen LogP contribution in [-0.4, -0.2) is 0 Å². The average Bonchev–Trinajstić information content (AvgIpc) is 2.04. The number of aromatic nitrogens is 1. The zero-order valence-electron chi connectivity index (χ0n) is 7.46. The van der Waals surface area contributed by atoms with E-state index in [0.29, 0.717) is 0 Å². The molecule has 1 aromatic heterocycles. The number of nitrogens with zero attached hydrogens (tertiary/aromatic N) is 1. The van der Waals surface area contributed by atoms with Crippen LogP contribution in [-0.2, 0) is 6.54 Å². The first-order valence-electron chi connectivity index (χ1n) is 3.99. The van der Waals surface area contributed by atoms with E-state index in [-0.39, 0.29) is 0 Å². The summed E-state index contributed by atoms with van der Waals surface area (Å²) < 4.78 is 2.12. The van der Waals surface area contributed by atoms with Gasteiger partial charge in [0.15, 0.2) is 12.7 Å². The van der Waals surface area contributed by atoms with E-state index in [4.69, 9.17) is 0 Å². The Labute approximate surface area is 73.7 Å². The van der Waals surface area contributed by atoms with Gasteiger partial charge in [-0.25, -0.2) is 0 Å². The summed E-state index contributed by atoms with van der Waals surface area (Å²) in [6, 6.07) is 6.05. The zero-order chi connectivity index (χ0) is 8.97. The highest BCUT2D eigenvalue weighted by molar-refractivity contribution is 5.36. The van der Waals surface area contributed by atoms with Crippen LogP contribution in [0, 0.1) is 0 Å². The second-order valence-corrected chi connectivity index (χ2v) is 2.91. The maximum atomic E-state index is 3.87. The van der Waals surface area contributed by atoms with Gasteiger partial charge in [-0.05, 0) is 18.6 Å². The molecular weight excluding hydrogens is 146 g/mol. The zero-order valence-corrected chi connectivity index (χ0v) is 7.46. The van der Waals surface area contributed by atoms with E-state index in [1.165, 1.54) is 0 Å². The maximum absolute atomic E-state index is 3.87. The highest BCUT2D eigenvalue weighted by Crippen LogP contribution is 1.95. The van der Waals surface area contributed by atoms with Crippen molar-refractivity contribution < 1.29 is 4.57 Å². The van der Waals surface area contributed by atoms with Gasteiger partial charge in [0, 0.05) is 18.2 Å². The molecule has 0 aliphatic rings. The third-order valence-corrected chi connectivity index (χ3v) is 1.63. The number of rotatable bonds is 3. The monoisotopic (exact) mass is 160 g/mol. The van der Waals surface area contributed by atoms with Crippen LogP contribution < -0.4 is 4.57 Å². The molecule has 1 heteroatoms. The standard InChI is InChI=1S/C11H14N/c1-4-11-7-5-6-8-12(11)9-10(2)3/h4-8H,1-2,9H2,3H3/q+1. The van der Waals surface area contributed by atoms with Crippen LogP contribution in [0.3, 0.4) is 0 Å². The lowest BCUT2D eigenvalue weighted by Crippen LogP contribution is -2.36. The first-order valence-corrected chi connectivity index (χ1v) is 3.99. The fourth-order valence-corrected chi connectivity index (χ4v) is 1.11. The summed E-state index contributed by atoms with van der Waals surface area (Å²) in [6.45, 7) is 10.5. The minimum Gasteiger partial charge on any atom is -0.195 e. The van der Waals surface area contributed by atoms with Crippen LogP contribution in [0.4, 0.5) is 0 Å². The van der Waals surface area contributed by atoms with Crippen molar-refractivity contribution in [1.29, 1.82) is 0 Å². The molecule has 0 aliphatic carbocycles. The SMILES string of the molecule is C=Cc1cccc[n+]1CC(=C)C. The van der Waals surface area contributed by atoms with Gasteiger partial charge in [-0.1, -0.05) is 13.2 Å². The van der Waals surface area contributed by atoms with Crippen LogP contribution in [0.2, 0.25) is 0 Å². The largest absolute Gasteiger partial charge is 0.204 e. The molecule has 1 rings (SSSR count). The minimum absolute atomic E-state index is 0.863. The number of pyridine rings is 1.